The molecular weight excluding hydrogens is 324 g/mol. The molecule has 5 heteroatoms. The molecule has 1 atom stereocenters. The Morgan fingerprint density at radius 3 is 2.69 bits per heavy atom. The van der Waals surface area contributed by atoms with Crippen LogP contribution in [0.25, 0.3) is 5.52 Å². The van der Waals surface area contributed by atoms with Crippen molar-refractivity contribution < 1.29 is 4.79 Å². The van der Waals surface area contributed by atoms with Crippen molar-refractivity contribution in [3.63, 3.8) is 0 Å². The van der Waals surface area contributed by atoms with Gasteiger partial charge in [-0.3, -0.25) is 4.79 Å². The van der Waals surface area contributed by atoms with Gasteiger partial charge in [0.15, 0.2) is 5.69 Å². The van der Waals surface area contributed by atoms with Gasteiger partial charge in [0.1, 0.15) is 5.82 Å². The van der Waals surface area contributed by atoms with Crippen LogP contribution < -0.4 is 10.6 Å². The largest absolute Gasteiger partial charge is 0.341 e. The summed E-state index contributed by atoms with van der Waals surface area (Å²) in [6.45, 7) is 1.01. The van der Waals surface area contributed by atoms with Gasteiger partial charge in [-0.2, -0.15) is 0 Å². The summed E-state index contributed by atoms with van der Waals surface area (Å²) >= 11 is 0. The number of nitrogens with zero attached hydrogens (tertiary/aromatic N) is 2. The standard InChI is InChI=1S/C21H22N4O/c26-20(24-21(11-12-21)15-7-2-1-3-8-15)18-17-10-4-5-14-25(17)19(23-18)16-9-6-13-22-16/h1-5,7-8,10,14,16,22H,6,9,11-13H2,(H,24,26). The highest BCUT2D eigenvalue weighted by atomic mass is 16.2. The second kappa shape index (κ2) is 5.95. The van der Waals surface area contributed by atoms with E-state index in [1.165, 1.54) is 5.56 Å². The van der Waals surface area contributed by atoms with Crippen LogP contribution in [-0.2, 0) is 5.54 Å². The Bertz CT molecular complexity index is 953. The second-order valence-corrected chi connectivity index (χ2v) is 7.33. The average molecular weight is 346 g/mol. The lowest BCUT2D eigenvalue weighted by Gasteiger charge is -2.17. The van der Waals surface area contributed by atoms with Gasteiger partial charge >= 0.3 is 0 Å². The first-order chi connectivity index (χ1) is 12.8. The molecule has 2 aromatic heterocycles. The molecule has 2 N–H and O–H groups in total. The van der Waals surface area contributed by atoms with Gasteiger partial charge in [-0.05, 0) is 49.9 Å². The van der Waals surface area contributed by atoms with E-state index in [0.29, 0.717) is 5.69 Å². The van der Waals surface area contributed by atoms with Crippen LogP contribution >= 0.6 is 0 Å². The second-order valence-electron chi connectivity index (χ2n) is 7.33. The molecule has 3 heterocycles. The molecule has 1 unspecified atom stereocenters. The predicted molar refractivity (Wildman–Crippen MR) is 100.0 cm³/mol. The summed E-state index contributed by atoms with van der Waals surface area (Å²) in [7, 11) is 0. The summed E-state index contributed by atoms with van der Waals surface area (Å²) in [6, 6.07) is 16.4. The maximum absolute atomic E-state index is 13.1. The summed E-state index contributed by atoms with van der Waals surface area (Å²) in [4.78, 5) is 17.9. The van der Waals surface area contributed by atoms with Crippen molar-refractivity contribution in [1.29, 1.82) is 0 Å². The first kappa shape index (κ1) is 15.6. The first-order valence-corrected chi connectivity index (χ1v) is 9.35. The van der Waals surface area contributed by atoms with Crippen LogP contribution in [-0.4, -0.2) is 21.8 Å². The molecule has 0 radical (unpaired) electrons. The Labute approximate surface area is 152 Å². The van der Waals surface area contributed by atoms with Crippen LogP contribution in [0.1, 0.15) is 53.6 Å². The lowest BCUT2D eigenvalue weighted by Crippen LogP contribution is -2.35. The van der Waals surface area contributed by atoms with Gasteiger partial charge in [0.25, 0.3) is 5.91 Å². The normalized spacial score (nSPS) is 21.0. The summed E-state index contributed by atoms with van der Waals surface area (Å²) < 4.78 is 2.06. The SMILES string of the molecule is O=C(NC1(c2ccccc2)CC1)c1nc(C2CCCN2)n2ccccc12. The fraction of sp³-hybridized carbons (Fsp3) is 0.333. The van der Waals surface area contributed by atoms with Gasteiger partial charge in [-0.25, -0.2) is 4.98 Å². The number of amides is 1. The zero-order chi connectivity index (χ0) is 17.6. The van der Waals surface area contributed by atoms with Crippen LogP contribution in [0.5, 0.6) is 0 Å². The van der Waals surface area contributed by atoms with Crippen molar-refractivity contribution in [2.45, 2.75) is 37.3 Å². The Hall–Kier alpha value is -2.66. The van der Waals surface area contributed by atoms with Crippen molar-refractivity contribution >= 4 is 11.4 Å². The number of pyridine rings is 1. The fourth-order valence-electron chi connectivity index (χ4n) is 4.02. The van der Waals surface area contributed by atoms with Crippen LogP contribution in [0.2, 0.25) is 0 Å². The first-order valence-electron chi connectivity index (χ1n) is 9.35. The van der Waals surface area contributed by atoms with Gasteiger partial charge in [-0.15, -0.1) is 0 Å². The van der Waals surface area contributed by atoms with E-state index in [4.69, 9.17) is 4.98 Å². The number of carbonyl (C=O) groups is 1. The zero-order valence-corrected chi connectivity index (χ0v) is 14.6. The topological polar surface area (TPSA) is 58.4 Å². The van der Waals surface area contributed by atoms with E-state index in [9.17, 15) is 4.79 Å². The highest BCUT2D eigenvalue weighted by Crippen LogP contribution is 2.45. The van der Waals surface area contributed by atoms with Gasteiger partial charge < -0.3 is 15.0 Å². The third-order valence-corrected chi connectivity index (χ3v) is 5.59. The van der Waals surface area contributed by atoms with Crippen molar-refractivity contribution in [2.75, 3.05) is 6.54 Å². The lowest BCUT2D eigenvalue weighted by atomic mass is 10.0. The molecule has 1 saturated heterocycles. The minimum Gasteiger partial charge on any atom is -0.341 e. The Morgan fingerprint density at radius 1 is 1.15 bits per heavy atom. The van der Waals surface area contributed by atoms with Crippen LogP contribution in [0.15, 0.2) is 54.7 Å². The van der Waals surface area contributed by atoms with Crippen LogP contribution in [0, 0.1) is 0 Å². The summed E-state index contributed by atoms with van der Waals surface area (Å²) in [6.07, 6.45) is 6.16. The molecule has 132 valence electrons. The molecule has 3 aromatic rings. The van der Waals surface area contributed by atoms with Crippen molar-refractivity contribution in [2.24, 2.45) is 0 Å². The Kier molecular flexibility index (Phi) is 3.57. The van der Waals surface area contributed by atoms with E-state index < -0.39 is 0 Å². The summed E-state index contributed by atoms with van der Waals surface area (Å²) in [5.74, 6) is 0.854. The van der Waals surface area contributed by atoms with Crippen molar-refractivity contribution in [1.82, 2.24) is 20.0 Å². The van der Waals surface area contributed by atoms with Gasteiger partial charge in [0, 0.05) is 6.20 Å². The molecule has 1 aromatic carbocycles. The average Bonchev–Trinajstić information content (AvgIpc) is 3.10. The van der Waals surface area contributed by atoms with E-state index >= 15 is 0 Å². The quantitative estimate of drug-likeness (QED) is 0.763. The summed E-state index contributed by atoms with van der Waals surface area (Å²) in [5, 5.41) is 6.75. The number of hydrogen-bond acceptors (Lipinski definition) is 3. The van der Waals surface area contributed by atoms with E-state index in [-0.39, 0.29) is 17.5 Å². The Morgan fingerprint density at radius 2 is 1.96 bits per heavy atom. The monoisotopic (exact) mass is 346 g/mol. The number of rotatable bonds is 4. The maximum atomic E-state index is 13.1. The van der Waals surface area contributed by atoms with Crippen LogP contribution in [0.4, 0.5) is 0 Å². The molecule has 0 bridgehead atoms. The molecule has 0 spiro atoms. The lowest BCUT2D eigenvalue weighted by molar-refractivity contribution is 0.0927. The zero-order valence-electron chi connectivity index (χ0n) is 14.6. The number of carbonyl (C=O) groups excluding carboxylic acids is 1. The molecule has 1 aliphatic carbocycles. The third-order valence-electron chi connectivity index (χ3n) is 5.59. The molecule has 2 fully saturated rings. The molecule has 26 heavy (non-hydrogen) atoms. The number of nitrogens with one attached hydrogen (secondary N) is 2. The molecule has 1 amide bonds. The van der Waals surface area contributed by atoms with Gasteiger partial charge in [-0.1, -0.05) is 36.4 Å². The maximum Gasteiger partial charge on any atom is 0.272 e. The van der Waals surface area contributed by atoms with Crippen molar-refractivity contribution in [3.8, 4) is 0 Å². The van der Waals surface area contributed by atoms with Crippen molar-refractivity contribution in [3.05, 3.63) is 71.8 Å². The number of hydrogen-bond donors (Lipinski definition) is 2. The Balaban J connectivity index is 1.50. The smallest absolute Gasteiger partial charge is 0.272 e. The number of benzene rings is 1. The fourth-order valence-corrected chi connectivity index (χ4v) is 4.02. The van der Waals surface area contributed by atoms with E-state index in [1.54, 1.807) is 0 Å². The van der Waals surface area contributed by atoms with Gasteiger partial charge in [0.05, 0.1) is 17.1 Å². The minimum absolute atomic E-state index is 0.0840. The molecule has 5 nitrogen and oxygen atoms in total. The molecule has 1 aliphatic heterocycles. The van der Waals surface area contributed by atoms with Gasteiger partial charge in [0.2, 0.25) is 0 Å². The third kappa shape index (κ3) is 2.51. The highest BCUT2D eigenvalue weighted by molar-refractivity contribution is 5.99. The number of fused-ring (bicyclic) bond motifs is 1. The number of imidazole rings is 1. The molecule has 2 aliphatic rings. The number of aromatic nitrogens is 2. The van der Waals surface area contributed by atoms with Crippen LogP contribution in [0.3, 0.4) is 0 Å². The highest BCUT2D eigenvalue weighted by Gasteiger charge is 2.46. The van der Waals surface area contributed by atoms with E-state index in [1.807, 2.05) is 42.6 Å². The van der Waals surface area contributed by atoms with E-state index in [2.05, 4.69) is 27.2 Å². The minimum atomic E-state index is -0.227. The van der Waals surface area contributed by atoms with E-state index in [0.717, 1.165) is 43.6 Å². The predicted octanol–water partition coefficient (Wildman–Crippen LogP) is 3.18. The molecular formula is C21H22N4O. The summed E-state index contributed by atoms with van der Waals surface area (Å²) in [5.41, 5.74) is 2.35. The molecule has 1 saturated carbocycles. The molecule has 5 rings (SSSR count).